The number of carboxylic acid groups (broad SMARTS) is 1. The van der Waals surface area contributed by atoms with E-state index in [4.69, 9.17) is 14.6 Å². The van der Waals surface area contributed by atoms with Crippen molar-refractivity contribution in [3.8, 4) is 5.75 Å². The van der Waals surface area contributed by atoms with Gasteiger partial charge in [0.05, 0.1) is 20.3 Å². The number of aromatic carboxylic acids is 1. The van der Waals surface area contributed by atoms with E-state index in [0.717, 1.165) is 11.3 Å². The number of carbonyl (C=O) groups is 1. The number of benzene rings is 1. The van der Waals surface area contributed by atoms with Crippen LogP contribution in [-0.2, 0) is 18.0 Å². The van der Waals surface area contributed by atoms with Gasteiger partial charge >= 0.3 is 5.97 Å². The first-order chi connectivity index (χ1) is 9.70. The van der Waals surface area contributed by atoms with Gasteiger partial charge in [-0.25, -0.2) is 9.78 Å². The molecule has 0 spiro atoms. The molecule has 0 amide bonds. The second-order valence-electron chi connectivity index (χ2n) is 4.16. The second kappa shape index (κ2) is 6.68. The highest BCUT2D eigenvalue weighted by Gasteiger charge is 2.10. The van der Waals surface area contributed by atoms with E-state index in [1.54, 1.807) is 19.2 Å². The number of nitrogens with zero attached hydrogens (tertiary/aromatic N) is 1. The summed E-state index contributed by atoms with van der Waals surface area (Å²) in [7, 11) is 1.61. The molecule has 1 aromatic carbocycles. The van der Waals surface area contributed by atoms with Crippen LogP contribution in [0.25, 0.3) is 0 Å². The Kier molecular flexibility index (Phi) is 4.68. The molecule has 2 rings (SSSR count). The lowest BCUT2D eigenvalue weighted by atomic mass is 10.2. The van der Waals surface area contributed by atoms with Crippen molar-refractivity contribution in [2.24, 2.45) is 0 Å². The summed E-state index contributed by atoms with van der Waals surface area (Å²) in [5.74, 6) is -0.261. The van der Waals surface area contributed by atoms with Gasteiger partial charge in [0.25, 0.3) is 0 Å². The van der Waals surface area contributed by atoms with Crippen molar-refractivity contribution >= 4 is 5.97 Å². The first kappa shape index (κ1) is 14.0. The number of pyridine rings is 1. The lowest BCUT2D eigenvalue weighted by molar-refractivity contribution is 0.0676. The highest BCUT2D eigenvalue weighted by Crippen LogP contribution is 2.13. The molecule has 1 aromatic heterocycles. The maximum Gasteiger partial charge on any atom is 0.354 e. The Labute approximate surface area is 116 Å². The Balaban J connectivity index is 1.94. The summed E-state index contributed by atoms with van der Waals surface area (Å²) >= 11 is 0. The lowest BCUT2D eigenvalue weighted by Crippen LogP contribution is -2.06. The number of carboxylic acids is 1. The van der Waals surface area contributed by atoms with E-state index in [1.165, 1.54) is 6.20 Å². The quantitative estimate of drug-likeness (QED) is 0.875. The van der Waals surface area contributed by atoms with E-state index in [0.29, 0.717) is 12.2 Å². The molecule has 0 aliphatic rings. The predicted octanol–water partition coefficient (Wildman–Crippen LogP) is 2.51. The van der Waals surface area contributed by atoms with Crippen molar-refractivity contribution < 1.29 is 19.4 Å². The highest BCUT2D eigenvalue weighted by molar-refractivity contribution is 5.86. The zero-order chi connectivity index (χ0) is 14.4. The minimum Gasteiger partial charge on any atom is -0.497 e. The van der Waals surface area contributed by atoms with Gasteiger partial charge in [-0.3, -0.25) is 0 Å². The van der Waals surface area contributed by atoms with E-state index in [9.17, 15) is 4.79 Å². The van der Waals surface area contributed by atoms with E-state index >= 15 is 0 Å². The fourth-order valence-corrected chi connectivity index (χ4v) is 1.75. The normalized spacial score (nSPS) is 10.2. The molecular weight excluding hydrogens is 258 g/mol. The molecule has 0 saturated carbocycles. The summed E-state index contributed by atoms with van der Waals surface area (Å²) in [6.07, 6.45) is 1.45. The Morgan fingerprint density at radius 3 is 2.60 bits per heavy atom. The molecular formula is C15H15NO4. The summed E-state index contributed by atoms with van der Waals surface area (Å²) < 4.78 is 10.6. The summed E-state index contributed by atoms with van der Waals surface area (Å²) in [5, 5.41) is 9.01. The molecule has 0 saturated heterocycles. The fourth-order valence-electron chi connectivity index (χ4n) is 1.75. The first-order valence-corrected chi connectivity index (χ1v) is 6.08. The number of ether oxygens (including phenoxy) is 2. The van der Waals surface area contributed by atoms with E-state index < -0.39 is 5.97 Å². The van der Waals surface area contributed by atoms with Crippen LogP contribution in [0, 0.1) is 0 Å². The SMILES string of the molecule is COc1ccc(COCc2cccnc2C(=O)O)cc1. The maximum atomic E-state index is 11.0. The number of rotatable bonds is 6. The molecule has 2 aromatic rings. The van der Waals surface area contributed by atoms with Crippen molar-refractivity contribution in [3.63, 3.8) is 0 Å². The van der Waals surface area contributed by atoms with Gasteiger partial charge in [0.15, 0.2) is 5.69 Å². The zero-order valence-electron chi connectivity index (χ0n) is 11.1. The second-order valence-corrected chi connectivity index (χ2v) is 4.16. The topological polar surface area (TPSA) is 68.7 Å². The third kappa shape index (κ3) is 3.55. The smallest absolute Gasteiger partial charge is 0.354 e. The van der Waals surface area contributed by atoms with Crippen LogP contribution < -0.4 is 4.74 Å². The summed E-state index contributed by atoms with van der Waals surface area (Å²) in [4.78, 5) is 14.8. The van der Waals surface area contributed by atoms with Crippen LogP contribution in [0.4, 0.5) is 0 Å². The van der Waals surface area contributed by atoms with Crippen molar-refractivity contribution in [1.82, 2.24) is 4.98 Å². The van der Waals surface area contributed by atoms with Crippen molar-refractivity contribution in [2.75, 3.05) is 7.11 Å². The van der Waals surface area contributed by atoms with Crippen LogP contribution in [-0.4, -0.2) is 23.2 Å². The number of aromatic nitrogens is 1. The zero-order valence-corrected chi connectivity index (χ0v) is 11.1. The number of hydrogen-bond acceptors (Lipinski definition) is 4. The lowest BCUT2D eigenvalue weighted by Gasteiger charge is -2.07. The summed E-state index contributed by atoms with van der Waals surface area (Å²) in [5.41, 5.74) is 1.59. The average Bonchev–Trinajstić information content (AvgIpc) is 2.48. The Morgan fingerprint density at radius 2 is 1.95 bits per heavy atom. The van der Waals surface area contributed by atoms with Crippen molar-refractivity contribution in [3.05, 3.63) is 59.4 Å². The predicted molar refractivity (Wildman–Crippen MR) is 72.7 cm³/mol. The van der Waals surface area contributed by atoms with Gasteiger partial charge in [0, 0.05) is 11.8 Å². The minimum atomic E-state index is -1.05. The molecule has 0 aliphatic carbocycles. The Morgan fingerprint density at radius 1 is 1.20 bits per heavy atom. The summed E-state index contributed by atoms with van der Waals surface area (Å²) in [6.45, 7) is 0.611. The summed E-state index contributed by atoms with van der Waals surface area (Å²) in [6, 6.07) is 10.9. The first-order valence-electron chi connectivity index (χ1n) is 6.08. The monoisotopic (exact) mass is 273 g/mol. The van der Waals surface area contributed by atoms with Crippen LogP contribution in [0.15, 0.2) is 42.6 Å². The standard InChI is InChI=1S/C15H15NO4/c1-19-13-6-4-11(5-7-13)9-20-10-12-3-2-8-16-14(12)15(17)18/h2-8H,9-10H2,1H3,(H,17,18). The van der Waals surface area contributed by atoms with Crippen LogP contribution in [0.5, 0.6) is 5.75 Å². The third-order valence-electron chi connectivity index (χ3n) is 2.78. The Hall–Kier alpha value is -2.40. The van der Waals surface area contributed by atoms with Gasteiger partial charge in [-0.1, -0.05) is 18.2 Å². The molecule has 5 nitrogen and oxygen atoms in total. The number of hydrogen-bond donors (Lipinski definition) is 1. The van der Waals surface area contributed by atoms with Crippen molar-refractivity contribution in [2.45, 2.75) is 13.2 Å². The highest BCUT2D eigenvalue weighted by atomic mass is 16.5. The van der Waals surface area contributed by atoms with E-state index in [1.807, 2.05) is 24.3 Å². The average molecular weight is 273 g/mol. The van der Waals surface area contributed by atoms with Gasteiger partial charge in [-0.05, 0) is 23.8 Å². The molecule has 0 unspecified atom stereocenters. The van der Waals surface area contributed by atoms with Gasteiger partial charge < -0.3 is 14.6 Å². The van der Waals surface area contributed by atoms with Gasteiger partial charge in [-0.15, -0.1) is 0 Å². The molecule has 0 radical (unpaired) electrons. The maximum absolute atomic E-state index is 11.0. The molecule has 0 fully saturated rings. The molecule has 104 valence electrons. The third-order valence-corrected chi connectivity index (χ3v) is 2.78. The molecule has 5 heteroatoms. The molecule has 0 atom stereocenters. The van der Waals surface area contributed by atoms with Gasteiger partial charge in [0.1, 0.15) is 5.75 Å². The van der Waals surface area contributed by atoms with E-state index in [-0.39, 0.29) is 12.3 Å². The molecule has 0 bridgehead atoms. The molecule has 1 heterocycles. The van der Waals surface area contributed by atoms with E-state index in [2.05, 4.69) is 4.98 Å². The molecule has 20 heavy (non-hydrogen) atoms. The fraction of sp³-hybridized carbons (Fsp3) is 0.200. The van der Waals surface area contributed by atoms with Crippen molar-refractivity contribution in [1.29, 1.82) is 0 Å². The molecule has 1 N–H and O–H groups in total. The van der Waals surface area contributed by atoms with Crippen LogP contribution in [0.1, 0.15) is 21.6 Å². The molecule has 0 aliphatic heterocycles. The van der Waals surface area contributed by atoms with Crippen LogP contribution >= 0.6 is 0 Å². The van der Waals surface area contributed by atoms with Crippen LogP contribution in [0.3, 0.4) is 0 Å². The van der Waals surface area contributed by atoms with Gasteiger partial charge in [0.2, 0.25) is 0 Å². The van der Waals surface area contributed by atoms with Crippen LogP contribution in [0.2, 0.25) is 0 Å². The van der Waals surface area contributed by atoms with Gasteiger partial charge in [-0.2, -0.15) is 0 Å². The minimum absolute atomic E-state index is 0.0298. The number of methoxy groups -OCH3 is 1. The Bertz CT molecular complexity index is 581. The largest absolute Gasteiger partial charge is 0.497 e.